The Kier molecular flexibility index (Phi) is 3.41. The van der Waals surface area contributed by atoms with Crippen LogP contribution in [0.2, 0.25) is 0 Å². The Labute approximate surface area is 123 Å². The van der Waals surface area contributed by atoms with Crippen molar-refractivity contribution in [3.63, 3.8) is 0 Å². The van der Waals surface area contributed by atoms with E-state index >= 15 is 0 Å². The highest BCUT2D eigenvalue weighted by molar-refractivity contribution is 5.97. The fraction of sp³-hybridized carbons (Fsp3) is 0.375. The standard InChI is InChI=1S/C16H19N3O2/c1-9-11(3)21-14-12(9)5-4-6-13(14)16(20)19-10(2)15-17-7-8-18-15/h4-11H,1-3H3,(H,17,18)(H,19,20). The molecule has 0 fully saturated rings. The number of aromatic amines is 1. The van der Waals surface area contributed by atoms with Crippen LogP contribution in [0.3, 0.4) is 0 Å². The molecule has 0 saturated heterocycles. The van der Waals surface area contributed by atoms with E-state index < -0.39 is 0 Å². The number of benzene rings is 1. The molecular formula is C16H19N3O2. The Bertz CT molecular complexity index is 652. The van der Waals surface area contributed by atoms with Gasteiger partial charge in [0.1, 0.15) is 17.7 Å². The smallest absolute Gasteiger partial charge is 0.255 e. The van der Waals surface area contributed by atoms with Crippen LogP contribution in [0, 0.1) is 0 Å². The number of nitrogens with zero attached hydrogens (tertiary/aromatic N) is 1. The van der Waals surface area contributed by atoms with Gasteiger partial charge >= 0.3 is 0 Å². The number of nitrogens with one attached hydrogen (secondary N) is 2. The lowest BCUT2D eigenvalue weighted by atomic mass is 9.97. The second-order valence-electron chi connectivity index (χ2n) is 5.51. The minimum Gasteiger partial charge on any atom is -0.489 e. The summed E-state index contributed by atoms with van der Waals surface area (Å²) < 4.78 is 5.86. The number of H-pyrrole nitrogens is 1. The van der Waals surface area contributed by atoms with Gasteiger partial charge in [-0.2, -0.15) is 0 Å². The lowest BCUT2D eigenvalue weighted by Gasteiger charge is -2.13. The quantitative estimate of drug-likeness (QED) is 0.911. The fourth-order valence-electron chi connectivity index (χ4n) is 2.62. The molecule has 0 aliphatic carbocycles. The summed E-state index contributed by atoms with van der Waals surface area (Å²) in [6.07, 6.45) is 3.51. The summed E-state index contributed by atoms with van der Waals surface area (Å²) in [7, 11) is 0. The topological polar surface area (TPSA) is 67.0 Å². The Balaban J connectivity index is 1.84. The first-order chi connectivity index (χ1) is 10.1. The zero-order valence-corrected chi connectivity index (χ0v) is 12.4. The molecule has 110 valence electrons. The first-order valence-corrected chi connectivity index (χ1v) is 7.17. The number of fused-ring (bicyclic) bond motifs is 1. The van der Waals surface area contributed by atoms with Crippen LogP contribution in [0.5, 0.6) is 5.75 Å². The van der Waals surface area contributed by atoms with Gasteiger partial charge in [-0.05, 0) is 19.9 Å². The molecule has 2 N–H and O–H groups in total. The molecule has 3 unspecified atom stereocenters. The molecule has 0 spiro atoms. The summed E-state index contributed by atoms with van der Waals surface area (Å²) in [6.45, 7) is 6.04. The summed E-state index contributed by atoms with van der Waals surface area (Å²) in [4.78, 5) is 19.7. The monoisotopic (exact) mass is 285 g/mol. The number of carbonyl (C=O) groups excluding carboxylic acids is 1. The number of para-hydroxylation sites is 1. The Morgan fingerprint density at radius 3 is 2.95 bits per heavy atom. The molecule has 5 heteroatoms. The van der Waals surface area contributed by atoms with E-state index in [1.807, 2.05) is 26.0 Å². The average molecular weight is 285 g/mol. The van der Waals surface area contributed by atoms with Crippen molar-refractivity contribution in [3.8, 4) is 5.75 Å². The van der Waals surface area contributed by atoms with E-state index in [1.165, 1.54) is 0 Å². The van der Waals surface area contributed by atoms with Crippen molar-refractivity contribution in [1.82, 2.24) is 15.3 Å². The molecule has 0 saturated carbocycles. The maximum absolute atomic E-state index is 12.5. The number of amides is 1. The summed E-state index contributed by atoms with van der Waals surface area (Å²) >= 11 is 0. The SMILES string of the molecule is CC(NC(=O)c1cccc2c1OC(C)C2C)c1ncc[nH]1. The molecular weight excluding hydrogens is 266 g/mol. The van der Waals surface area contributed by atoms with Crippen molar-refractivity contribution in [3.05, 3.63) is 47.5 Å². The molecule has 1 amide bonds. The number of aromatic nitrogens is 2. The number of carbonyl (C=O) groups is 1. The molecule has 1 aliphatic heterocycles. The summed E-state index contributed by atoms with van der Waals surface area (Å²) in [5, 5.41) is 2.95. The van der Waals surface area contributed by atoms with Gasteiger partial charge in [-0.3, -0.25) is 4.79 Å². The molecule has 1 aromatic heterocycles. The highest BCUT2D eigenvalue weighted by Crippen LogP contribution is 2.40. The van der Waals surface area contributed by atoms with Crippen LogP contribution in [0.15, 0.2) is 30.6 Å². The van der Waals surface area contributed by atoms with E-state index in [9.17, 15) is 4.79 Å². The molecule has 0 bridgehead atoms. The Morgan fingerprint density at radius 1 is 1.43 bits per heavy atom. The molecule has 3 atom stereocenters. The summed E-state index contributed by atoms with van der Waals surface area (Å²) in [6, 6.07) is 5.55. The molecule has 5 nitrogen and oxygen atoms in total. The number of imidazole rings is 1. The van der Waals surface area contributed by atoms with Gasteiger partial charge in [0, 0.05) is 23.9 Å². The fourth-order valence-corrected chi connectivity index (χ4v) is 2.62. The number of hydrogen-bond acceptors (Lipinski definition) is 3. The number of ether oxygens (including phenoxy) is 1. The molecule has 0 radical (unpaired) electrons. The third kappa shape index (κ3) is 2.39. The normalized spacial score (nSPS) is 21.5. The second kappa shape index (κ2) is 5.24. The van der Waals surface area contributed by atoms with Crippen LogP contribution in [-0.2, 0) is 0 Å². The van der Waals surface area contributed by atoms with Crippen molar-refractivity contribution >= 4 is 5.91 Å². The van der Waals surface area contributed by atoms with Crippen molar-refractivity contribution in [2.45, 2.75) is 38.8 Å². The molecule has 1 aromatic carbocycles. The van der Waals surface area contributed by atoms with Crippen molar-refractivity contribution < 1.29 is 9.53 Å². The van der Waals surface area contributed by atoms with E-state index in [1.54, 1.807) is 18.5 Å². The lowest BCUT2D eigenvalue weighted by molar-refractivity contribution is 0.0933. The molecule has 2 aromatic rings. The van der Waals surface area contributed by atoms with Gasteiger partial charge < -0.3 is 15.0 Å². The van der Waals surface area contributed by atoms with Crippen molar-refractivity contribution in [2.24, 2.45) is 0 Å². The summed E-state index contributed by atoms with van der Waals surface area (Å²) in [5.41, 5.74) is 1.68. The minimum atomic E-state index is -0.181. The molecule has 2 heterocycles. The molecule has 1 aliphatic rings. The maximum atomic E-state index is 12.5. The van der Waals surface area contributed by atoms with Crippen molar-refractivity contribution in [1.29, 1.82) is 0 Å². The zero-order valence-electron chi connectivity index (χ0n) is 12.4. The zero-order chi connectivity index (χ0) is 15.0. The van der Waals surface area contributed by atoms with Crippen LogP contribution in [-0.4, -0.2) is 22.0 Å². The Morgan fingerprint density at radius 2 is 2.24 bits per heavy atom. The summed E-state index contributed by atoms with van der Waals surface area (Å²) in [5.74, 6) is 1.60. The number of hydrogen-bond donors (Lipinski definition) is 2. The van der Waals surface area contributed by atoms with Crippen LogP contribution in [0.1, 0.15) is 54.5 Å². The van der Waals surface area contributed by atoms with E-state index in [0.29, 0.717) is 17.2 Å². The largest absolute Gasteiger partial charge is 0.489 e. The lowest BCUT2D eigenvalue weighted by Crippen LogP contribution is -2.27. The van der Waals surface area contributed by atoms with Gasteiger partial charge in [0.25, 0.3) is 5.91 Å². The van der Waals surface area contributed by atoms with Gasteiger partial charge in [0.2, 0.25) is 0 Å². The highest BCUT2D eigenvalue weighted by Gasteiger charge is 2.31. The van der Waals surface area contributed by atoms with Gasteiger partial charge in [0.15, 0.2) is 0 Å². The Hall–Kier alpha value is -2.30. The second-order valence-corrected chi connectivity index (χ2v) is 5.51. The first kappa shape index (κ1) is 13.7. The van der Waals surface area contributed by atoms with Gasteiger partial charge in [-0.1, -0.05) is 19.1 Å². The van der Waals surface area contributed by atoms with E-state index in [-0.39, 0.29) is 18.1 Å². The minimum absolute atomic E-state index is 0.0939. The highest BCUT2D eigenvalue weighted by atomic mass is 16.5. The van der Waals surface area contributed by atoms with Gasteiger partial charge in [-0.15, -0.1) is 0 Å². The van der Waals surface area contributed by atoms with Crippen LogP contribution in [0.25, 0.3) is 0 Å². The van der Waals surface area contributed by atoms with Crippen LogP contribution in [0.4, 0.5) is 0 Å². The third-order valence-corrected chi connectivity index (χ3v) is 4.07. The predicted molar refractivity (Wildman–Crippen MR) is 79.4 cm³/mol. The number of rotatable bonds is 3. The molecule has 3 rings (SSSR count). The average Bonchev–Trinajstić information content (AvgIpc) is 3.08. The third-order valence-electron chi connectivity index (χ3n) is 4.07. The van der Waals surface area contributed by atoms with E-state index in [0.717, 1.165) is 11.4 Å². The van der Waals surface area contributed by atoms with Gasteiger partial charge in [0.05, 0.1) is 11.6 Å². The first-order valence-electron chi connectivity index (χ1n) is 7.17. The van der Waals surface area contributed by atoms with Crippen LogP contribution < -0.4 is 10.1 Å². The van der Waals surface area contributed by atoms with Gasteiger partial charge in [-0.25, -0.2) is 4.98 Å². The predicted octanol–water partition coefficient (Wildman–Crippen LogP) is 2.79. The van der Waals surface area contributed by atoms with Crippen LogP contribution >= 0.6 is 0 Å². The van der Waals surface area contributed by atoms with E-state index in [4.69, 9.17) is 4.74 Å². The van der Waals surface area contributed by atoms with E-state index in [2.05, 4.69) is 22.2 Å². The molecule has 21 heavy (non-hydrogen) atoms. The van der Waals surface area contributed by atoms with Crippen molar-refractivity contribution in [2.75, 3.05) is 0 Å². The maximum Gasteiger partial charge on any atom is 0.255 e.